The number of carboxylic acids is 2. The van der Waals surface area contributed by atoms with Gasteiger partial charge in [-0.25, -0.2) is 9.59 Å². The summed E-state index contributed by atoms with van der Waals surface area (Å²) in [4.78, 5) is 24.7. The third kappa shape index (κ3) is 3.35. The first-order chi connectivity index (χ1) is 12.1. The van der Waals surface area contributed by atoms with Crippen LogP contribution in [0.15, 0.2) is 78.9 Å². The fraction of sp³-hybridized carbons (Fsp3) is 0. The number of hydrogen-bond acceptors (Lipinski definition) is 3. The molecule has 3 aromatic carbocycles. The smallest absolute Gasteiger partial charge is 0.337 e. The van der Waals surface area contributed by atoms with Crippen molar-refractivity contribution in [3.8, 4) is 0 Å². The van der Waals surface area contributed by atoms with E-state index in [0.717, 1.165) is 11.4 Å². The summed E-state index contributed by atoms with van der Waals surface area (Å²) in [6.45, 7) is 0. The quantitative estimate of drug-likeness (QED) is 0.716. The molecule has 0 atom stereocenters. The van der Waals surface area contributed by atoms with E-state index in [4.69, 9.17) is 5.11 Å². The molecule has 0 aromatic heterocycles. The Labute approximate surface area is 144 Å². The average Bonchev–Trinajstić information content (AvgIpc) is 2.63. The molecule has 0 aliphatic heterocycles. The second-order valence-electron chi connectivity index (χ2n) is 5.35. The molecule has 0 radical (unpaired) electrons. The number of rotatable bonds is 5. The maximum absolute atomic E-state index is 11.7. The Morgan fingerprint density at radius 2 is 1.20 bits per heavy atom. The zero-order valence-electron chi connectivity index (χ0n) is 13.2. The molecule has 0 aliphatic carbocycles. The first-order valence-electron chi connectivity index (χ1n) is 7.59. The van der Waals surface area contributed by atoms with Crippen LogP contribution in [-0.2, 0) is 0 Å². The van der Waals surface area contributed by atoms with Crippen molar-refractivity contribution in [2.24, 2.45) is 0 Å². The minimum Gasteiger partial charge on any atom is -0.478 e. The van der Waals surface area contributed by atoms with Gasteiger partial charge < -0.3 is 15.1 Å². The van der Waals surface area contributed by atoms with Crippen molar-refractivity contribution in [1.29, 1.82) is 0 Å². The molecular weight excluding hydrogens is 318 g/mol. The van der Waals surface area contributed by atoms with Crippen LogP contribution >= 0.6 is 0 Å². The van der Waals surface area contributed by atoms with Crippen molar-refractivity contribution >= 4 is 29.0 Å². The Balaban J connectivity index is 2.24. The van der Waals surface area contributed by atoms with Crippen molar-refractivity contribution in [2.75, 3.05) is 4.90 Å². The standard InChI is InChI=1S/C20H15NO4/c22-19(23)14-11-12-18(17(13-14)20(24)25)21(15-7-3-1-4-8-15)16-9-5-2-6-10-16/h1-13H,(H,22,23)(H,24,25). The molecule has 0 spiro atoms. The van der Waals surface area contributed by atoms with Gasteiger partial charge in [0.15, 0.2) is 0 Å². The summed E-state index contributed by atoms with van der Waals surface area (Å²) in [5.74, 6) is -2.35. The van der Waals surface area contributed by atoms with E-state index in [1.807, 2.05) is 60.7 Å². The molecule has 0 unspecified atom stereocenters. The van der Waals surface area contributed by atoms with Crippen LogP contribution < -0.4 is 4.90 Å². The number of carbonyl (C=O) groups is 2. The summed E-state index contributed by atoms with van der Waals surface area (Å²) >= 11 is 0. The summed E-state index contributed by atoms with van der Waals surface area (Å²) in [5.41, 5.74) is 1.81. The Morgan fingerprint density at radius 3 is 1.64 bits per heavy atom. The van der Waals surface area contributed by atoms with Crippen molar-refractivity contribution in [3.63, 3.8) is 0 Å². The normalized spacial score (nSPS) is 10.2. The number of carboxylic acid groups (broad SMARTS) is 2. The third-order valence-corrected chi connectivity index (χ3v) is 3.74. The number of benzene rings is 3. The van der Waals surface area contributed by atoms with Gasteiger partial charge in [0, 0.05) is 11.4 Å². The number of nitrogens with zero attached hydrogens (tertiary/aromatic N) is 1. The van der Waals surface area contributed by atoms with Gasteiger partial charge in [0.25, 0.3) is 0 Å². The SMILES string of the molecule is O=C(O)c1ccc(N(c2ccccc2)c2ccccc2)c(C(=O)O)c1. The zero-order chi connectivity index (χ0) is 17.8. The molecule has 0 bridgehead atoms. The molecule has 3 aromatic rings. The number of para-hydroxylation sites is 2. The van der Waals surface area contributed by atoms with Crippen molar-refractivity contribution in [1.82, 2.24) is 0 Å². The van der Waals surface area contributed by atoms with E-state index in [0.29, 0.717) is 5.69 Å². The highest BCUT2D eigenvalue weighted by Gasteiger charge is 2.21. The van der Waals surface area contributed by atoms with Crippen LogP contribution in [0.25, 0.3) is 0 Å². The largest absolute Gasteiger partial charge is 0.478 e. The van der Waals surface area contributed by atoms with Crippen molar-refractivity contribution < 1.29 is 19.8 Å². The lowest BCUT2D eigenvalue weighted by atomic mass is 10.1. The van der Waals surface area contributed by atoms with Crippen LogP contribution in [0.5, 0.6) is 0 Å². The molecule has 2 N–H and O–H groups in total. The van der Waals surface area contributed by atoms with Gasteiger partial charge in [-0.05, 0) is 42.5 Å². The lowest BCUT2D eigenvalue weighted by Crippen LogP contribution is -2.15. The van der Waals surface area contributed by atoms with Gasteiger partial charge in [-0.1, -0.05) is 36.4 Å². The predicted octanol–water partition coefficient (Wildman–Crippen LogP) is 4.55. The number of aromatic carboxylic acids is 2. The topological polar surface area (TPSA) is 77.8 Å². The van der Waals surface area contributed by atoms with Gasteiger partial charge in [0.1, 0.15) is 0 Å². The van der Waals surface area contributed by atoms with E-state index in [-0.39, 0.29) is 11.1 Å². The predicted molar refractivity (Wildman–Crippen MR) is 95.0 cm³/mol. The summed E-state index contributed by atoms with van der Waals surface area (Å²) in [5, 5.41) is 18.7. The lowest BCUT2D eigenvalue weighted by Gasteiger charge is -2.26. The van der Waals surface area contributed by atoms with Gasteiger partial charge in [0.2, 0.25) is 0 Å². The van der Waals surface area contributed by atoms with E-state index in [2.05, 4.69) is 0 Å². The highest BCUT2D eigenvalue weighted by atomic mass is 16.4. The fourth-order valence-corrected chi connectivity index (χ4v) is 2.62. The zero-order valence-corrected chi connectivity index (χ0v) is 13.2. The van der Waals surface area contributed by atoms with Gasteiger partial charge in [-0.15, -0.1) is 0 Å². The second kappa shape index (κ2) is 6.88. The van der Waals surface area contributed by atoms with E-state index in [9.17, 15) is 14.7 Å². The summed E-state index contributed by atoms with van der Waals surface area (Å²) < 4.78 is 0. The Morgan fingerprint density at radius 1 is 0.680 bits per heavy atom. The van der Waals surface area contributed by atoms with Gasteiger partial charge in [0.05, 0.1) is 16.8 Å². The molecule has 124 valence electrons. The average molecular weight is 333 g/mol. The fourth-order valence-electron chi connectivity index (χ4n) is 2.62. The summed E-state index contributed by atoms with van der Waals surface area (Å²) in [7, 11) is 0. The molecule has 0 aliphatic rings. The van der Waals surface area contributed by atoms with Gasteiger partial charge in [-0.3, -0.25) is 0 Å². The molecule has 0 saturated heterocycles. The van der Waals surface area contributed by atoms with Crippen LogP contribution in [0.2, 0.25) is 0 Å². The second-order valence-corrected chi connectivity index (χ2v) is 5.35. The number of hydrogen-bond donors (Lipinski definition) is 2. The Kier molecular flexibility index (Phi) is 4.48. The molecule has 0 saturated carbocycles. The van der Waals surface area contributed by atoms with Crippen LogP contribution in [0, 0.1) is 0 Å². The molecule has 5 nitrogen and oxygen atoms in total. The summed E-state index contributed by atoms with van der Waals surface area (Å²) in [6, 6.07) is 22.7. The molecule has 0 heterocycles. The van der Waals surface area contributed by atoms with Crippen LogP contribution in [0.1, 0.15) is 20.7 Å². The van der Waals surface area contributed by atoms with E-state index < -0.39 is 11.9 Å². The van der Waals surface area contributed by atoms with Crippen molar-refractivity contribution in [3.05, 3.63) is 90.0 Å². The molecular formula is C20H15NO4. The monoisotopic (exact) mass is 333 g/mol. The van der Waals surface area contributed by atoms with Crippen LogP contribution in [0.3, 0.4) is 0 Å². The summed E-state index contributed by atoms with van der Waals surface area (Å²) in [6.07, 6.45) is 0. The van der Waals surface area contributed by atoms with E-state index in [1.165, 1.54) is 18.2 Å². The highest BCUT2D eigenvalue weighted by molar-refractivity contribution is 6.00. The number of anilines is 3. The van der Waals surface area contributed by atoms with Crippen LogP contribution in [0.4, 0.5) is 17.1 Å². The molecule has 0 fully saturated rings. The Hall–Kier alpha value is -3.60. The van der Waals surface area contributed by atoms with Crippen LogP contribution in [-0.4, -0.2) is 22.2 Å². The van der Waals surface area contributed by atoms with Crippen molar-refractivity contribution in [2.45, 2.75) is 0 Å². The first kappa shape index (κ1) is 16.3. The molecule has 0 amide bonds. The maximum atomic E-state index is 11.7. The molecule has 25 heavy (non-hydrogen) atoms. The van der Waals surface area contributed by atoms with E-state index >= 15 is 0 Å². The molecule has 3 rings (SSSR count). The minimum absolute atomic E-state index is 0.0674. The maximum Gasteiger partial charge on any atom is 0.337 e. The third-order valence-electron chi connectivity index (χ3n) is 3.74. The Bertz CT molecular complexity index is 868. The van der Waals surface area contributed by atoms with Gasteiger partial charge >= 0.3 is 11.9 Å². The lowest BCUT2D eigenvalue weighted by molar-refractivity contribution is 0.0696. The molecule has 5 heteroatoms. The highest BCUT2D eigenvalue weighted by Crippen LogP contribution is 2.36. The minimum atomic E-state index is -1.19. The van der Waals surface area contributed by atoms with E-state index in [1.54, 1.807) is 4.90 Å². The van der Waals surface area contributed by atoms with Gasteiger partial charge in [-0.2, -0.15) is 0 Å². The first-order valence-corrected chi connectivity index (χ1v) is 7.59.